The van der Waals surface area contributed by atoms with Gasteiger partial charge < -0.3 is 9.84 Å². The zero-order valence-electron chi connectivity index (χ0n) is 18.2. The fourth-order valence-electron chi connectivity index (χ4n) is 3.30. The monoisotopic (exact) mass is 521 g/mol. The quantitative estimate of drug-likeness (QED) is 0.326. The molecular formula is C22H18F3N5O5S. The minimum Gasteiger partial charge on any atom is -0.493 e. The molecule has 2 heterocycles. The van der Waals surface area contributed by atoms with E-state index in [1.807, 2.05) is 0 Å². The third-order valence-corrected chi connectivity index (χ3v) is 5.78. The third kappa shape index (κ3) is 5.96. The molecule has 4 aromatic rings. The van der Waals surface area contributed by atoms with Crippen LogP contribution in [-0.2, 0) is 16.8 Å². The Balaban J connectivity index is 1.57. The van der Waals surface area contributed by atoms with Crippen LogP contribution in [0, 0.1) is 0 Å². The van der Waals surface area contributed by atoms with Crippen molar-refractivity contribution in [2.45, 2.75) is 12.9 Å². The summed E-state index contributed by atoms with van der Waals surface area (Å²) >= 11 is 0. The molecule has 0 aliphatic heterocycles. The Labute approximate surface area is 202 Å². The van der Waals surface area contributed by atoms with E-state index in [4.69, 9.17) is 0 Å². The number of aromatic hydroxyl groups is 1. The number of anilines is 2. The number of aromatic nitrogens is 3. The molecule has 4 rings (SSSR count). The van der Waals surface area contributed by atoms with Crippen molar-refractivity contribution in [2.24, 2.45) is 0 Å². The number of imidazole rings is 1. The van der Waals surface area contributed by atoms with Crippen LogP contribution in [0.4, 0.5) is 24.5 Å². The van der Waals surface area contributed by atoms with Gasteiger partial charge in [0.2, 0.25) is 5.88 Å². The van der Waals surface area contributed by atoms with Gasteiger partial charge in [-0.1, -0.05) is 18.2 Å². The number of para-hydroxylation sites is 1. The molecule has 2 aromatic carbocycles. The molecule has 0 radical (unpaired) electrons. The van der Waals surface area contributed by atoms with Crippen LogP contribution in [0.1, 0.15) is 5.56 Å². The number of ether oxygens (including phenoxy) is 1. The molecule has 188 valence electrons. The molecule has 0 atom stereocenters. The van der Waals surface area contributed by atoms with Gasteiger partial charge >= 0.3 is 22.3 Å². The highest BCUT2D eigenvalue weighted by Gasteiger charge is 2.31. The lowest BCUT2D eigenvalue weighted by Crippen LogP contribution is -2.25. The van der Waals surface area contributed by atoms with Crippen LogP contribution in [0.2, 0.25) is 0 Å². The van der Waals surface area contributed by atoms with Crippen molar-refractivity contribution in [3.05, 3.63) is 95.3 Å². The first kappa shape index (κ1) is 24.7. The van der Waals surface area contributed by atoms with E-state index in [0.717, 1.165) is 27.5 Å². The zero-order valence-corrected chi connectivity index (χ0v) is 19.0. The molecule has 0 saturated carbocycles. The van der Waals surface area contributed by atoms with E-state index in [1.165, 1.54) is 30.6 Å². The fraction of sp³-hybridized carbons (Fsp3) is 0.0909. The molecule has 14 heteroatoms. The van der Waals surface area contributed by atoms with E-state index in [1.54, 1.807) is 30.3 Å². The highest BCUT2D eigenvalue weighted by Crippen LogP contribution is 2.25. The summed E-state index contributed by atoms with van der Waals surface area (Å²) in [7, 11) is -4.05. The molecule has 0 aliphatic carbocycles. The summed E-state index contributed by atoms with van der Waals surface area (Å²) in [6.45, 7) is -0.152. The second-order valence-electron chi connectivity index (χ2n) is 7.38. The predicted octanol–water partition coefficient (Wildman–Crippen LogP) is 3.46. The lowest BCUT2D eigenvalue weighted by Gasteiger charge is -2.13. The van der Waals surface area contributed by atoms with Crippen LogP contribution in [0.25, 0.3) is 5.69 Å². The smallest absolute Gasteiger partial charge is 0.493 e. The van der Waals surface area contributed by atoms with Crippen molar-refractivity contribution >= 4 is 21.6 Å². The molecule has 0 aliphatic rings. The Morgan fingerprint density at radius 2 is 1.69 bits per heavy atom. The molecular weight excluding hydrogens is 503 g/mol. The first-order valence-corrected chi connectivity index (χ1v) is 11.6. The number of pyridine rings is 1. The Morgan fingerprint density at radius 3 is 2.36 bits per heavy atom. The molecule has 0 saturated heterocycles. The molecule has 10 nitrogen and oxygen atoms in total. The lowest BCUT2D eigenvalue weighted by molar-refractivity contribution is -0.274. The molecule has 0 amide bonds. The van der Waals surface area contributed by atoms with Crippen molar-refractivity contribution in [1.29, 1.82) is 0 Å². The molecule has 0 fully saturated rings. The molecule has 0 spiro atoms. The van der Waals surface area contributed by atoms with Gasteiger partial charge in [0.1, 0.15) is 5.75 Å². The number of halogens is 3. The normalized spacial score (nSPS) is 11.8. The Bertz CT molecular complexity index is 1520. The van der Waals surface area contributed by atoms with E-state index >= 15 is 0 Å². The second kappa shape index (κ2) is 9.65. The molecule has 36 heavy (non-hydrogen) atoms. The fourth-order valence-corrected chi connectivity index (χ4v) is 4.27. The van der Waals surface area contributed by atoms with Gasteiger partial charge in [-0.15, -0.1) is 13.2 Å². The number of rotatable bonds is 8. The number of hydrogen-bond acceptors (Lipinski definition) is 6. The Morgan fingerprint density at radius 1 is 1.00 bits per heavy atom. The zero-order chi connectivity index (χ0) is 25.9. The van der Waals surface area contributed by atoms with Crippen molar-refractivity contribution in [3.8, 4) is 17.3 Å². The van der Waals surface area contributed by atoms with Gasteiger partial charge in [-0.05, 0) is 48.0 Å². The number of alkyl halides is 3. The van der Waals surface area contributed by atoms with Gasteiger partial charge in [-0.2, -0.15) is 8.42 Å². The van der Waals surface area contributed by atoms with E-state index in [-0.39, 0.29) is 17.9 Å². The number of hydrogen-bond donors (Lipinski definition) is 3. The van der Waals surface area contributed by atoms with Gasteiger partial charge in [0, 0.05) is 6.20 Å². The minimum absolute atomic E-state index is 0.0912. The van der Waals surface area contributed by atoms with E-state index in [2.05, 4.69) is 19.2 Å². The topological polar surface area (TPSA) is 127 Å². The standard InChI is InChI=1S/C22H18F3N5O5S/c23-22(24,25)35-18-8-6-17(7-9-18)30-20(31)14-29(21(30)32)13-15-10-11-26-12-19(15)28-36(33,34)27-16-4-2-1-3-5-16/h1-12,14,27-28,31H,13H2. The molecule has 0 unspecified atom stereocenters. The largest absolute Gasteiger partial charge is 0.573 e. The SMILES string of the molecule is O=c1n(Cc2ccncc2NS(=O)(=O)Nc2ccccc2)cc(O)n1-c1ccc(OC(F)(F)F)cc1. The average Bonchev–Trinajstić information content (AvgIpc) is 3.07. The van der Waals surface area contributed by atoms with Crippen LogP contribution >= 0.6 is 0 Å². The van der Waals surface area contributed by atoms with Crippen molar-refractivity contribution in [2.75, 3.05) is 9.44 Å². The lowest BCUT2D eigenvalue weighted by atomic mass is 10.2. The van der Waals surface area contributed by atoms with Crippen LogP contribution in [-0.4, -0.2) is 34.0 Å². The van der Waals surface area contributed by atoms with Crippen LogP contribution in [0.3, 0.4) is 0 Å². The van der Waals surface area contributed by atoms with Gasteiger partial charge in [-0.3, -0.25) is 19.0 Å². The predicted molar refractivity (Wildman–Crippen MR) is 124 cm³/mol. The Hall–Kier alpha value is -4.46. The number of nitrogens with zero attached hydrogens (tertiary/aromatic N) is 3. The van der Waals surface area contributed by atoms with Gasteiger partial charge in [0.15, 0.2) is 0 Å². The van der Waals surface area contributed by atoms with Crippen LogP contribution < -0.4 is 19.9 Å². The van der Waals surface area contributed by atoms with Crippen molar-refractivity contribution in [3.63, 3.8) is 0 Å². The minimum atomic E-state index is -4.87. The summed E-state index contributed by atoms with van der Waals surface area (Å²) in [5.41, 5.74) is 0.157. The molecule has 3 N–H and O–H groups in total. The van der Waals surface area contributed by atoms with Crippen molar-refractivity contribution < 1.29 is 31.4 Å². The summed E-state index contributed by atoms with van der Waals surface area (Å²) in [4.78, 5) is 16.8. The maximum Gasteiger partial charge on any atom is 0.573 e. The summed E-state index contributed by atoms with van der Waals surface area (Å²) in [6.07, 6.45) is -1.09. The summed E-state index contributed by atoms with van der Waals surface area (Å²) in [5.74, 6) is -0.970. The average molecular weight is 521 g/mol. The maximum atomic E-state index is 12.9. The third-order valence-electron chi connectivity index (χ3n) is 4.79. The number of nitrogens with one attached hydrogen (secondary N) is 2. The van der Waals surface area contributed by atoms with Crippen LogP contribution in [0.15, 0.2) is 84.0 Å². The first-order chi connectivity index (χ1) is 17.0. The highest BCUT2D eigenvalue weighted by molar-refractivity contribution is 7.94. The van der Waals surface area contributed by atoms with Gasteiger partial charge in [-0.25, -0.2) is 9.36 Å². The van der Waals surface area contributed by atoms with Gasteiger partial charge in [0.25, 0.3) is 0 Å². The van der Waals surface area contributed by atoms with Crippen LogP contribution in [0.5, 0.6) is 11.6 Å². The Kier molecular flexibility index (Phi) is 6.61. The van der Waals surface area contributed by atoms with E-state index in [0.29, 0.717) is 11.3 Å². The summed E-state index contributed by atoms with van der Waals surface area (Å²) < 4.78 is 72.7. The molecule has 2 aromatic heterocycles. The van der Waals surface area contributed by atoms with E-state index < -0.39 is 33.9 Å². The van der Waals surface area contributed by atoms with E-state index in [9.17, 15) is 31.5 Å². The maximum absolute atomic E-state index is 12.9. The molecule has 0 bridgehead atoms. The number of benzene rings is 2. The van der Waals surface area contributed by atoms with Crippen molar-refractivity contribution in [1.82, 2.24) is 14.1 Å². The van der Waals surface area contributed by atoms with Gasteiger partial charge in [0.05, 0.1) is 36.0 Å². The first-order valence-electron chi connectivity index (χ1n) is 10.2. The summed E-state index contributed by atoms with van der Waals surface area (Å²) in [5, 5.41) is 10.3. The highest BCUT2D eigenvalue weighted by atomic mass is 32.2. The summed E-state index contributed by atoms with van der Waals surface area (Å²) in [6, 6.07) is 14.0. The second-order valence-corrected chi connectivity index (χ2v) is 8.80.